The van der Waals surface area contributed by atoms with E-state index in [-0.39, 0.29) is 6.04 Å². The first-order valence-corrected chi connectivity index (χ1v) is 7.75. The molecular formula is C16H23N5. The van der Waals surface area contributed by atoms with Gasteiger partial charge in [-0.15, -0.1) is 0 Å². The average molecular weight is 285 g/mol. The van der Waals surface area contributed by atoms with E-state index in [1.165, 1.54) is 43.6 Å². The fraction of sp³-hybridized carbons (Fsp3) is 0.500. The van der Waals surface area contributed by atoms with E-state index >= 15 is 0 Å². The lowest BCUT2D eigenvalue weighted by atomic mass is 10.1. The SMILES string of the molecule is CC(NCc1ccc(N2CCCCC2)cc1)c1ncn[nH]1. The van der Waals surface area contributed by atoms with Crippen LogP contribution in [0, 0.1) is 0 Å². The van der Waals surface area contributed by atoms with Gasteiger partial charge in [0.05, 0.1) is 6.04 Å². The van der Waals surface area contributed by atoms with E-state index in [1.54, 1.807) is 6.33 Å². The molecule has 1 unspecified atom stereocenters. The second-order valence-electron chi connectivity index (χ2n) is 5.69. The molecule has 2 heterocycles. The molecule has 1 fully saturated rings. The fourth-order valence-corrected chi connectivity index (χ4v) is 2.77. The van der Waals surface area contributed by atoms with Crippen LogP contribution in [0.2, 0.25) is 0 Å². The largest absolute Gasteiger partial charge is 0.372 e. The van der Waals surface area contributed by atoms with Gasteiger partial charge in [-0.05, 0) is 43.9 Å². The normalized spacial score (nSPS) is 16.9. The molecule has 0 amide bonds. The number of aromatic nitrogens is 3. The first-order valence-electron chi connectivity index (χ1n) is 7.75. The highest BCUT2D eigenvalue weighted by molar-refractivity contribution is 5.47. The van der Waals surface area contributed by atoms with E-state index in [0.29, 0.717) is 0 Å². The van der Waals surface area contributed by atoms with Gasteiger partial charge in [0.2, 0.25) is 0 Å². The van der Waals surface area contributed by atoms with Gasteiger partial charge in [-0.25, -0.2) is 4.98 Å². The minimum atomic E-state index is 0.175. The Morgan fingerprint density at radius 3 is 2.62 bits per heavy atom. The standard InChI is InChI=1S/C16H23N5/c1-13(16-18-12-19-20-16)17-11-14-5-7-15(8-6-14)21-9-3-2-4-10-21/h5-8,12-13,17H,2-4,9-11H2,1H3,(H,18,19,20). The Hall–Kier alpha value is -1.88. The van der Waals surface area contributed by atoms with Crippen molar-refractivity contribution < 1.29 is 0 Å². The molecule has 0 radical (unpaired) electrons. The zero-order chi connectivity index (χ0) is 14.5. The van der Waals surface area contributed by atoms with Gasteiger partial charge >= 0.3 is 0 Å². The summed E-state index contributed by atoms with van der Waals surface area (Å²) in [6, 6.07) is 9.08. The number of hydrogen-bond acceptors (Lipinski definition) is 4. The molecule has 1 aromatic heterocycles. The Morgan fingerprint density at radius 2 is 1.95 bits per heavy atom. The molecule has 2 aromatic rings. The predicted molar refractivity (Wildman–Crippen MR) is 84.1 cm³/mol. The highest BCUT2D eigenvalue weighted by atomic mass is 15.2. The van der Waals surface area contributed by atoms with E-state index in [4.69, 9.17) is 0 Å². The number of aromatic amines is 1. The lowest BCUT2D eigenvalue weighted by Crippen LogP contribution is -2.29. The van der Waals surface area contributed by atoms with Crippen molar-refractivity contribution in [3.05, 3.63) is 42.0 Å². The fourth-order valence-electron chi connectivity index (χ4n) is 2.77. The minimum Gasteiger partial charge on any atom is -0.372 e. The number of nitrogens with zero attached hydrogens (tertiary/aromatic N) is 3. The third-order valence-electron chi connectivity index (χ3n) is 4.11. The number of anilines is 1. The maximum Gasteiger partial charge on any atom is 0.141 e. The van der Waals surface area contributed by atoms with Crippen LogP contribution in [0.3, 0.4) is 0 Å². The molecule has 0 bridgehead atoms. The molecule has 0 spiro atoms. The van der Waals surface area contributed by atoms with Crippen molar-refractivity contribution in [3.8, 4) is 0 Å². The third-order valence-corrected chi connectivity index (χ3v) is 4.11. The summed E-state index contributed by atoms with van der Waals surface area (Å²) in [7, 11) is 0. The van der Waals surface area contributed by atoms with Gasteiger partial charge < -0.3 is 10.2 Å². The van der Waals surface area contributed by atoms with Crippen LogP contribution in [0.15, 0.2) is 30.6 Å². The second kappa shape index (κ2) is 6.72. The topological polar surface area (TPSA) is 56.8 Å². The van der Waals surface area contributed by atoms with E-state index in [2.05, 4.69) is 56.6 Å². The molecule has 1 aromatic carbocycles. The average Bonchev–Trinajstić information content (AvgIpc) is 3.08. The third kappa shape index (κ3) is 3.61. The molecule has 0 aliphatic carbocycles. The minimum absolute atomic E-state index is 0.175. The number of hydrogen-bond donors (Lipinski definition) is 2. The molecule has 5 nitrogen and oxygen atoms in total. The molecule has 5 heteroatoms. The zero-order valence-electron chi connectivity index (χ0n) is 12.5. The van der Waals surface area contributed by atoms with Crippen LogP contribution < -0.4 is 10.2 Å². The summed E-state index contributed by atoms with van der Waals surface area (Å²) >= 11 is 0. The van der Waals surface area contributed by atoms with E-state index in [1.807, 2.05) is 0 Å². The zero-order valence-corrected chi connectivity index (χ0v) is 12.5. The van der Waals surface area contributed by atoms with Gasteiger partial charge in [0.1, 0.15) is 12.2 Å². The molecular weight excluding hydrogens is 262 g/mol. The second-order valence-corrected chi connectivity index (χ2v) is 5.69. The van der Waals surface area contributed by atoms with Crippen molar-refractivity contribution >= 4 is 5.69 Å². The molecule has 21 heavy (non-hydrogen) atoms. The van der Waals surface area contributed by atoms with Crippen LogP contribution in [0.4, 0.5) is 5.69 Å². The summed E-state index contributed by atoms with van der Waals surface area (Å²) in [6.07, 6.45) is 5.55. The first-order chi connectivity index (χ1) is 10.3. The van der Waals surface area contributed by atoms with Crippen molar-refractivity contribution in [1.82, 2.24) is 20.5 Å². The van der Waals surface area contributed by atoms with Crippen LogP contribution in [0.1, 0.15) is 43.6 Å². The van der Waals surface area contributed by atoms with Crippen molar-refractivity contribution in [2.45, 2.75) is 38.8 Å². The molecule has 1 aliphatic heterocycles. The van der Waals surface area contributed by atoms with E-state index in [0.717, 1.165) is 12.4 Å². The number of rotatable bonds is 5. The van der Waals surface area contributed by atoms with Crippen molar-refractivity contribution in [1.29, 1.82) is 0 Å². The predicted octanol–water partition coefficient (Wildman–Crippen LogP) is 2.65. The Morgan fingerprint density at radius 1 is 1.19 bits per heavy atom. The number of benzene rings is 1. The molecule has 1 aliphatic rings. The Balaban J connectivity index is 1.54. The highest BCUT2D eigenvalue weighted by Gasteiger charge is 2.11. The smallest absolute Gasteiger partial charge is 0.141 e. The number of nitrogens with one attached hydrogen (secondary N) is 2. The van der Waals surface area contributed by atoms with E-state index < -0.39 is 0 Å². The molecule has 1 atom stereocenters. The highest BCUT2D eigenvalue weighted by Crippen LogP contribution is 2.20. The summed E-state index contributed by atoms with van der Waals surface area (Å²) in [4.78, 5) is 6.65. The Kier molecular flexibility index (Phi) is 4.50. The summed E-state index contributed by atoms with van der Waals surface area (Å²) in [5, 5.41) is 10.2. The maximum atomic E-state index is 4.17. The Labute approximate surface area is 125 Å². The quantitative estimate of drug-likeness (QED) is 0.886. The lowest BCUT2D eigenvalue weighted by Gasteiger charge is -2.28. The van der Waals surface area contributed by atoms with Crippen LogP contribution in [-0.2, 0) is 6.54 Å². The summed E-state index contributed by atoms with van der Waals surface area (Å²) in [5.41, 5.74) is 2.64. The van der Waals surface area contributed by atoms with Gasteiger partial charge in [0.25, 0.3) is 0 Å². The van der Waals surface area contributed by atoms with Gasteiger partial charge in [-0.1, -0.05) is 12.1 Å². The molecule has 3 rings (SSSR count). The van der Waals surface area contributed by atoms with Gasteiger partial charge in [-0.2, -0.15) is 5.10 Å². The monoisotopic (exact) mass is 285 g/mol. The summed E-state index contributed by atoms with van der Waals surface area (Å²) < 4.78 is 0. The van der Waals surface area contributed by atoms with E-state index in [9.17, 15) is 0 Å². The first kappa shape index (κ1) is 14.1. The number of piperidine rings is 1. The molecule has 1 saturated heterocycles. The van der Waals surface area contributed by atoms with Crippen LogP contribution in [0.5, 0.6) is 0 Å². The molecule has 2 N–H and O–H groups in total. The number of H-pyrrole nitrogens is 1. The Bertz CT molecular complexity index is 528. The summed E-state index contributed by atoms with van der Waals surface area (Å²) in [6.45, 7) is 5.31. The van der Waals surface area contributed by atoms with Crippen LogP contribution in [0.25, 0.3) is 0 Å². The maximum absolute atomic E-state index is 4.17. The van der Waals surface area contributed by atoms with Gasteiger partial charge in [0, 0.05) is 25.3 Å². The van der Waals surface area contributed by atoms with Crippen molar-refractivity contribution in [2.75, 3.05) is 18.0 Å². The molecule has 112 valence electrons. The van der Waals surface area contributed by atoms with Crippen molar-refractivity contribution in [2.24, 2.45) is 0 Å². The van der Waals surface area contributed by atoms with Gasteiger partial charge in [0.15, 0.2) is 0 Å². The van der Waals surface area contributed by atoms with Crippen LogP contribution >= 0.6 is 0 Å². The van der Waals surface area contributed by atoms with Crippen LogP contribution in [-0.4, -0.2) is 28.3 Å². The van der Waals surface area contributed by atoms with Crippen molar-refractivity contribution in [3.63, 3.8) is 0 Å². The summed E-state index contributed by atoms with van der Waals surface area (Å²) in [5.74, 6) is 0.875. The van der Waals surface area contributed by atoms with Gasteiger partial charge in [-0.3, -0.25) is 5.10 Å². The lowest BCUT2D eigenvalue weighted by molar-refractivity contribution is 0.548. The molecule has 0 saturated carbocycles.